The topological polar surface area (TPSA) is 30.2 Å². The molecule has 2 aromatic heterocycles. The molecule has 3 aromatic rings. The van der Waals surface area contributed by atoms with Gasteiger partial charge in [0.25, 0.3) is 0 Å². The van der Waals surface area contributed by atoms with Crippen LogP contribution in [0, 0.1) is 0 Å². The average molecular weight is 334 g/mol. The molecule has 118 valence electrons. The first-order chi connectivity index (χ1) is 11.8. The number of benzene rings is 1. The zero-order valence-electron chi connectivity index (χ0n) is 13.2. The first-order valence-electron chi connectivity index (χ1n) is 8.29. The predicted octanol–water partition coefficient (Wildman–Crippen LogP) is 4.37. The van der Waals surface area contributed by atoms with Crippen LogP contribution in [-0.4, -0.2) is 15.3 Å². The van der Waals surface area contributed by atoms with Crippen molar-refractivity contribution in [3.63, 3.8) is 0 Å². The van der Waals surface area contributed by atoms with Crippen molar-refractivity contribution in [3.8, 4) is 5.69 Å². The van der Waals surface area contributed by atoms with Crippen molar-refractivity contribution in [2.75, 3.05) is 0 Å². The van der Waals surface area contributed by atoms with E-state index in [1.165, 1.54) is 17.7 Å². The molecule has 0 radical (unpaired) electrons. The second kappa shape index (κ2) is 5.32. The lowest BCUT2D eigenvalue weighted by atomic mass is 10.1. The van der Waals surface area contributed by atoms with E-state index in [4.69, 9.17) is 16.6 Å². The molecule has 0 bridgehead atoms. The molecule has 0 spiro atoms. The molecule has 4 heteroatoms. The lowest BCUT2D eigenvalue weighted by molar-refractivity contribution is 0.899. The Hall–Kier alpha value is -2.39. The van der Waals surface area contributed by atoms with E-state index in [0.29, 0.717) is 6.54 Å². The number of aryl methyl sites for hydroxylation is 2. The van der Waals surface area contributed by atoms with Crippen LogP contribution in [0.5, 0.6) is 0 Å². The first kappa shape index (κ1) is 14.0. The average Bonchev–Trinajstić information content (AvgIpc) is 3.22. The van der Waals surface area contributed by atoms with Gasteiger partial charge in [0.15, 0.2) is 0 Å². The molecule has 3 nitrogen and oxygen atoms in total. The molecule has 0 saturated carbocycles. The molecular formula is C20H16ClN3. The van der Waals surface area contributed by atoms with E-state index in [1.54, 1.807) is 0 Å². The minimum Gasteiger partial charge on any atom is -0.315 e. The normalized spacial score (nSPS) is 15.3. The van der Waals surface area contributed by atoms with E-state index in [2.05, 4.69) is 40.0 Å². The molecule has 3 heterocycles. The molecule has 0 amide bonds. The highest BCUT2D eigenvalue weighted by Gasteiger charge is 2.21. The number of hydrogen-bond donors (Lipinski definition) is 0. The van der Waals surface area contributed by atoms with Crippen molar-refractivity contribution in [1.82, 2.24) is 9.55 Å². The quantitative estimate of drug-likeness (QED) is 0.650. The first-order valence-corrected chi connectivity index (χ1v) is 8.67. The van der Waals surface area contributed by atoms with Crippen LogP contribution < -0.4 is 0 Å². The number of fused-ring (bicyclic) bond motifs is 4. The van der Waals surface area contributed by atoms with Gasteiger partial charge in [-0.2, -0.15) is 0 Å². The van der Waals surface area contributed by atoms with Crippen LogP contribution >= 0.6 is 11.6 Å². The Labute approximate surface area is 145 Å². The minimum absolute atomic E-state index is 0.586. The van der Waals surface area contributed by atoms with Gasteiger partial charge in [-0.15, -0.1) is 0 Å². The lowest BCUT2D eigenvalue weighted by Gasteiger charge is -2.12. The molecule has 24 heavy (non-hydrogen) atoms. The van der Waals surface area contributed by atoms with Gasteiger partial charge in [0.05, 0.1) is 23.6 Å². The summed E-state index contributed by atoms with van der Waals surface area (Å²) in [5.74, 6) is 0. The summed E-state index contributed by atoms with van der Waals surface area (Å²) in [6.07, 6.45) is 7.47. The maximum Gasteiger partial charge on any atom is 0.0906 e. The van der Waals surface area contributed by atoms with Gasteiger partial charge in [-0.25, -0.2) is 0 Å². The molecule has 5 rings (SSSR count). The Morgan fingerprint density at radius 2 is 2.04 bits per heavy atom. The van der Waals surface area contributed by atoms with E-state index in [1.807, 2.05) is 18.3 Å². The molecule has 1 aliphatic carbocycles. The molecule has 0 fully saturated rings. The highest BCUT2D eigenvalue weighted by atomic mass is 35.5. The van der Waals surface area contributed by atoms with Crippen LogP contribution in [0.3, 0.4) is 0 Å². The summed E-state index contributed by atoms with van der Waals surface area (Å²) in [6, 6.07) is 12.5. The zero-order valence-corrected chi connectivity index (χ0v) is 13.9. The minimum atomic E-state index is 0.586. The van der Waals surface area contributed by atoms with Crippen LogP contribution in [0.1, 0.15) is 34.5 Å². The summed E-state index contributed by atoms with van der Waals surface area (Å²) in [5.41, 5.74) is 7.98. The SMILES string of the molecule is Clc1cccc2c1CN=C(c1cnc3c(c1)CCC3)c1cccn1-2. The van der Waals surface area contributed by atoms with Crippen LogP contribution in [0.15, 0.2) is 53.8 Å². The largest absolute Gasteiger partial charge is 0.315 e. The number of pyridine rings is 1. The van der Waals surface area contributed by atoms with Gasteiger partial charge in [-0.05, 0) is 55.2 Å². The summed E-state index contributed by atoms with van der Waals surface area (Å²) in [5, 5.41) is 0.768. The third-order valence-corrected chi connectivity index (χ3v) is 5.29. The standard InChI is InChI=1S/C20H16ClN3/c21-16-5-2-7-18-15(16)12-23-20(19-8-3-9-24(18)19)14-10-13-4-1-6-17(13)22-11-14/h2-3,5,7-11H,1,4,6,12H2. The Morgan fingerprint density at radius 3 is 3.00 bits per heavy atom. The second-order valence-corrected chi connectivity index (χ2v) is 6.76. The molecule has 0 atom stereocenters. The number of halogens is 1. The maximum atomic E-state index is 6.42. The van der Waals surface area contributed by atoms with Gasteiger partial charge in [-0.3, -0.25) is 9.98 Å². The number of nitrogens with zero attached hydrogens (tertiary/aromatic N) is 3. The fourth-order valence-electron chi connectivity index (χ4n) is 3.75. The fourth-order valence-corrected chi connectivity index (χ4v) is 3.98. The van der Waals surface area contributed by atoms with Gasteiger partial charge in [-0.1, -0.05) is 17.7 Å². The van der Waals surface area contributed by atoms with Gasteiger partial charge in [0, 0.05) is 34.2 Å². The van der Waals surface area contributed by atoms with Crippen LogP contribution in [0.2, 0.25) is 5.02 Å². The Bertz CT molecular complexity index is 984. The highest BCUT2D eigenvalue weighted by molar-refractivity contribution is 6.31. The van der Waals surface area contributed by atoms with E-state index < -0.39 is 0 Å². The van der Waals surface area contributed by atoms with E-state index in [0.717, 1.165) is 46.1 Å². The van der Waals surface area contributed by atoms with Gasteiger partial charge in [0.2, 0.25) is 0 Å². The summed E-state index contributed by atoms with van der Waals surface area (Å²) in [6.45, 7) is 0.586. The van der Waals surface area contributed by atoms with Crippen molar-refractivity contribution in [2.24, 2.45) is 4.99 Å². The molecule has 0 N–H and O–H groups in total. The Balaban J connectivity index is 1.70. The van der Waals surface area contributed by atoms with Crippen molar-refractivity contribution in [3.05, 3.63) is 81.9 Å². The number of hydrogen-bond acceptors (Lipinski definition) is 2. The number of aromatic nitrogens is 2. The van der Waals surface area contributed by atoms with Crippen molar-refractivity contribution in [1.29, 1.82) is 0 Å². The summed E-state index contributed by atoms with van der Waals surface area (Å²) in [7, 11) is 0. The second-order valence-electron chi connectivity index (χ2n) is 6.35. The highest BCUT2D eigenvalue weighted by Crippen LogP contribution is 2.30. The maximum absolute atomic E-state index is 6.42. The monoisotopic (exact) mass is 333 g/mol. The van der Waals surface area contributed by atoms with Crippen LogP contribution in [0.4, 0.5) is 0 Å². The Morgan fingerprint density at radius 1 is 1.08 bits per heavy atom. The van der Waals surface area contributed by atoms with Crippen LogP contribution in [0.25, 0.3) is 5.69 Å². The van der Waals surface area contributed by atoms with Gasteiger partial charge < -0.3 is 4.57 Å². The molecule has 0 unspecified atom stereocenters. The lowest BCUT2D eigenvalue weighted by Crippen LogP contribution is -2.09. The Kier molecular flexibility index (Phi) is 3.10. The smallest absolute Gasteiger partial charge is 0.0906 e. The number of aliphatic imine (C=N–C) groups is 1. The summed E-state index contributed by atoms with van der Waals surface area (Å²) in [4.78, 5) is 9.58. The third-order valence-electron chi connectivity index (χ3n) is 4.93. The van der Waals surface area contributed by atoms with Gasteiger partial charge >= 0.3 is 0 Å². The number of rotatable bonds is 1. The molecule has 1 aromatic carbocycles. The molecule has 1 aliphatic heterocycles. The van der Waals surface area contributed by atoms with Crippen LogP contribution in [-0.2, 0) is 19.4 Å². The molecular weight excluding hydrogens is 318 g/mol. The van der Waals surface area contributed by atoms with E-state index in [-0.39, 0.29) is 0 Å². The molecule has 2 aliphatic rings. The molecule has 0 saturated heterocycles. The van der Waals surface area contributed by atoms with E-state index in [9.17, 15) is 0 Å². The third kappa shape index (κ3) is 2.05. The predicted molar refractivity (Wildman–Crippen MR) is 96.4 cm³/mol. The summed E-state index contributed by atoms with van der Waals surface area (Å²) < 4.78 is 2.18. The summed E-state index contributed by atoms with van der Waals surface area (Å²) >= 11 is 6.42. The van der Waals surface area contributed by atoms with Crippen molar-refractivity contribution in [2.45, 2.75) is 25.8 Å². The fraction of sp³-hybridized carbons (Fsp3) is 0.200. The van der Waals surface area contributed by atoms with Crippen molar-refractivity contribution < 1.29 is 0 Å². The zero-order chi connectivity index (χ0) is 16.1. The van der Waals surface area contributed by atoms with E-state index >= 15 is 0 Å². The van der Waals surface area contributed by atoms with Gasteiger partial charge in [0.1, 0.15) is 0 Å². The van der Waals surface area contributed by atoms with Crippen molar-refractivity contribution >= 4 is 17.3 Å².